The Morgan fingerprint density at radius 3 is 1.60 bits per heavy atom. The Hall–Kier alpha value is -0.610. The topological polar surface area (TPSA) is 77.8 Å². The summed E-state index contributed by atoms with van der Waals surface area (Å²) in [5.74, 6) is -0.202. The Morgan fingerprint density at radius 2 is 1.24 bits per heavy atom. The number of carboxylic acid groups (broad SMARTS) is 1. The van der Waals surface area contributed by atoms with Crippen LogP contribution in [-0.2, 0) is 4.79 Å². The largest absolute Gasteiger partial charge is 0.481 e. The van der Waals surface area contributed by atoms with E-state index in [1.807, 2.05) is 6.92 Å². The van der Waals surface area contributed by atoms with E-state index >= 15 is 0 Å². The highest BCUT2D eigenvalue weighted by Gasteiger charge is 2.12. The van der Waals surface area contributed by atoms with Crippen LogP contribution in [0.25, 0.3) is 0 Å². The van der Waals surface area contributed by atoms with E-state index in [2.05, 4.69) is 13.8 Å². The number of aliphatic hydroxyl groups is 2. The lowest BCUT2D eigenvalue weighted by Crippen LogP contribution is -2.08. The molecule has 4 heteroatoms. The van der Waals surface area contributed by atoms with Crippen LogP contribution >= 0.6 is 0 Å². The Labute approximate surface area is 156 Å². The molecule has 0 rings (SSSR count). The van der Waals surface area contributed by atoms with Crippen molar-refractivity contribution in [2.75, 3.05) is 6.61 Å². The second-order valence-corrected chi connectivity index (χ2v) is 7.11. The lowest BCUT2D eigenvalue weighted by atomic mass is 9.91. The van der Waals surface area contributed by atoms with Crippen molar-refractivity contribution in [2.24, 2.45) is 5.92 Å². The van der Waals surface area contributed by atoms with Crippen LogP contribution in [-0.4, -0.2) is 34.0 Å². The Morgan fingerprint density at radius 1 is 0.800 bits per heavy atom. The van der Waals surface area contributed by atoms with Gasteiger partial charge in [-0.3, -0.25) is 4.79 Å². The van der Waals surface area contributed by atoms with Crippen LogP contribution in [0.5, 0.6) is 0 Å². The monoisotopic (exact) mass is 360 g/mol. The molecule has 3 N–H and O–H groups in total. The third kappa shape index (κ3) is 23.4. The highest BCUT2D eigenvalue weighted by Crippen LogP contribution is 2.21. The average molecular weight is 361 g/mol. The van der Waals surface area contributed by atoms with Crippen molar-refractivity contribution in [3.63, 3.8) is 0 Å². The average Bonchev–Trinajstić information content (AvgIpc) is 2.60. The maximum atomic E-state index is 10.9. The number of carbonyl (C=O) groups is 1. The number of rotatable bonds is 16. The lowest BCUT2D eigenvalue weighted by molar-refractivity contribution is -0.138. The summed E-state index contributed by atoms with van der Waals surface area (Å²) >= 11 is 0. The van der Waals surface area contributed by atoms with Crippen molar-refractivity contribution >= 4 is 5.97 Å². The lowest BCUT2D eigenvalue weighted by Gasteiger charge is -2.14. The third-order valence-corrected chi connectivity index (χ3v) is 4.58. The predicted molar refractivity (Wildman–Crippen MR) is 106 cm³/mol. The molecule has 152 valence electrons. The quantitative estimate of drug-likeness (QED) is 0.315. The van der Waals surface area contributed by atoms with Crippen molar-refractivity contribution in [2.45, 2.75) is 117 Å². The fourth-order valence-corrected chi connectivity index (χ4v) is 2.80. The molecule has 0 heterocycles. The van der Waals surface area contributed by atoms with Gasteiger partial charge in [0.15, 0.2) is 0 Å². The molecule has 0 saturated heterocycles. The fraction of sp³-hybridized carbons (Fsp3) is 0.952. The minimum atomic E-state index is -0.619. The highest BCUT2D eigenvalue weighted by atomic mass is 16.4. The van der Waals surface area contributed by atoms with Crippen LogP contribution in [0.4, 0.5) is 0 Å². The number of carboxylic acids is 1. The van der Waals surface area contributed by atoms with E-state index in [1.54, 1.807) is 0 Å². The van der Waals surface area contributed by atoms with Crippen LogP contribution in [0, 0.1) is 5.92 Å². The molecule has 25 heavy (non-hydrogen) atoms. The van der Waals surface area contributed by atoms with Gasteiger partial charge in [-0.25, -0.2) is 0 Å². The molecule has 2 atom stereocenters. The number of aliphatic hydroxyl groups excluding tert-OH is 2. The molecule has 0 radical (unpaired) electrons. The van der Waals surface area contributed by atoms with Gasteiger partial charge in [-0.1, -0.05) is 85.0 Å². The molecule has 0 saturated carbocycles. The summed E-state index contributed by atoms with van der Waals surface area (Å²) in [6.07, 6.45) is 15.5. The van der Waals surface area contributed by atoms with Gasteiger partial charge in [0.05, 0.1) is 12.7 Å². The molecule has 0 fully saturated rings. The third-order valence-electron chi connectivity index (χ3n) is 4.58. The van der Waals surface area contributed by atoms with Gasteiger partial charge >= 0.3 is 5.97 Å². The van der Waals surface area contributed by atoms with Gasteiger partial charge in [0.25, 0.3) is 0 Å². The van der Waals surface area contributed by atoms with Crippen molar-refractivity contribution < 1.29 is 20.1 Å². The molecule has 2 unspecified atom stereocenters. The van der Waals surface area contributed by atoms with Crippen molar-refractivity contribution in [3.05, 3.63) is 0 Å². The number of hydrogen-bond donors (Lipinski definition) is 3. The minimum absolute atomic E-state index is 0.115. The standard InChI is InChI=1S/C17H34O2.C4H10O2/c1-3-5-7-9-10-12-14-16(15-17(18)19)13-11-8-6-4-2;1-2-4(6)3-5/h16H,3-15H2,1-2H3,(H,18,19);4-6H,2-3H2,1H3. The molecular weight excluding hydrogens is 316 g/mol. The van der Waals surface area contributed by atoms with E-state index in [0.29, 0.717) is 18.8 Å². The molecular formula is C21H44O4. The first-order valence-corrected chi connectivity index (χ1v) is 10.5. The Bertz CT molecular complexity index is 265. The zero-order valence-electron chi connectivity index (χ0n) is 17.0. The summed E-state index contributed by atoms with van der Waals surface area (Å²) in [6, 6.07) is 0. The van der Waals surface area contributed by atoms with E-state index in [4.69, 9.17) is 15.3 Å². The molecule has 4 nitrogen and oxygen atoms in total. The van der Waals surface area contributed by atoms with Gasteiger partial charge in [-0.05, 0) is 25.2 Å². The number of aliphatic carboxylic acids is 1. The van der Waals surface area contributed by atoms with Crippen molar-refractivity contribution in [3.8, 4) is 0 Å². The van der Waals surface area contributed by atoms with E-state index in [9.17, 15) is 4.79 Å². The summed E-state index contributed by atoms with van der Waals surface area (Å²) in [6.45, 7) is 6.15. The summed E-state index contributed by atoms with van der Waals surface area (Å²) < 4.78 is 0. The van der Waals surface area contributed by atoms with Gasteiger partial charge in [-0.15, -0.1) is 0 Å². The molecule has 0 aliphatic carbocycles. The number of hydrogen-bond acceptors (Lipinski definition) is 3. The molecule has 0 aromatic heterocycles. The normalized spacial score (nSPS) is 13.0. The van der Waals surface area contributed by atoms with Gasteiger partial charge in [0.2, 0.25) is 0 Å². The van der Waals surface area contributed by atoms with Gasteiger partial charge in [-0.2, -0.15) is 0 Å². The summed E-state index contributed by atoms with van der Waals surface area (Å²) in [5.41, 5.74) is 0. The maximum Gasteiger partial charge on any atom is 0.303 e. The second-order valence-electron chi connectivity index (χ2n) is 7.11. The molecule has 0 aromatic carbocycles. The Balaban J connectivity index is 0. The van der Waals surface area contributed by atoms with E-state index in [1.165, 1.54) is 64.2 Å². The van der Waals surface area contributed by atoms with E-state index in [-0.39, 0.29) is 6.61 Å². The van der Waals surface area contributed by atoms with Crippen LogP contribution in [0.3, 0.4) is 0 Å². The van der Waals surface area contributed by atoms with Crippen LogP contribution in [0.2, 0.25) is 0 Å². The molecule has 0 amide bonds. The highest BCUT2D eigenvalue weighted by molar-refractivity contribution is 5.66. The predicted octanol–water partition coefficient (Wildman–Crippen LogP) is 5.55. The zero-order chi connectivity index (χ0) is 19.3. The number of unbranched alkanes of at least 4 members (excludes halogenated alkanes) is 8. The van der Waals surface area contributed by atoms with E-state index in [0.717, 1.165) is 12.8 Å². The fourth-order valence-electron chi connectivity index (χ4n) is 2.80. The smallest absolute Gasteiger partial charge is 0.303 e. The summed E-state index contributed by atoms with van der Waals surface area (Å²) in [5, 5.41) is 25.5. The van der Waals surface area contributed by atoms with Crippen LogP contribution in [0.1, 0.15) is 111 Å². The van der Waals surface area contributed by atoms with Crippen molar-refractivity contribution in [1.29, 1.82) is 0 Å². The van der Waals surface area contributed by atoms with Crippen LogP contribution < -0.4 is 0 Å². The molecule has 0 aromatic rings. The molecule has 0 aliphatic rings. The van der Waals surface area contributed by atoms with Gasteiger partial charge in [0.1, 0.15) is 0 Å². The minimum Gasteiger partial charge on any atom is -0.481 e. The SMILES string of the molecule is CCC(O)CO.CCCCCCCCC(CCCCCC)CC(=O)O. The first-order valence-electron chi connectivity index (χ1n) is 10.5. The molecule has 0 spiro atoms. The van der Waals surface area contributed by atoms with Gasteiger partial charge in [0, 0.05) is 6.42 Å². The first kappa shape index (κ1) is 26.6. The summed E-state index contributed by atoms with van der Waals surface area (Å²) in [7, 11) is 0. The maximum absolute atomic E-state index is 10.9. The molecule has 0 bridgehead atoms. The van der Waals surface area contributed by atoms with Gasteiger partial charge < -0.3 is 15.3 Å². The zero-order valence-corrected chi connectivity index (χ0v) is 17.0. The first-order chi connectivity index (χ1) is 12.0. The van der Waals surface area contributed by atoms with E-state index < -0.39 is 12.1 Å². The second kappa shape index (κ2) is 21.4. The van der Waals surface area contributed by atoms with Crippen molar-refractivity contribution in [1.82, 2.24) is 0 Å². The Kier molecular flexibility index (Phi) is 22.8. The summed E-state index contributed by atoms with van der Waals surface area (Å²) in [4.78, 5) is 10.9. The van der Waals surface area contributed by atoms with Crippen LogP contribution in [0.15, 0.2) is 0 Å². The molecule has 0 aliphatic heterocycles.